The fourth-order valence-corrected chi connectivity index (χ4v) is 6.48. The van der Waals surface area contributed by atoms with Gasteiger partial charge in [0.2, 0.25) is 0 Å². The lowest BCUT2D eigenvalue weighted by atomic mass is 9.85. The van der Waals surface area contributed by atoms with Gasteiger partial charge in [0.1, 0.15) is 5.82 Å². The van der Waals surface area contributed by atoms with Crippen LogP contribution >= 0.6 is 0 Å². The molecule has 0 unspecified atom stereocenters. The van der Waals surface area contributed by atoms with Gasteiger partial charge in [-0.25, -0.2) is 4.98 Å². The number of nitrogens with zero attached hydrogens (tertiary/aromatic N) is 2. The number of para-hydroxylation sites is 1. The van der Waals surface area contributed by atoms with Crippen molar-refractivity contribution >= 4 is 43.4 Å². The van der Waals surface area contributed by atoms with Crippen LogP contribution in [0.25, 0.3) is 71.3 Å². The van der Waals surface area contributed by atoms with Crippen LogP contribution in [0.1, 0.15) is 12.7 Å². The van der Waals surface area contributed by atoms with Gasteiger partial charge in [0.15, 0.2) is 0 Å². The summed E-state index contributed by atoms with van der Waals surface area (Å²) in [6.45, 7) is 2.17. The van der Waals surface area contributed by atoms with Gasteiger partial charge in [0, 0.05) is 12.1 Å². The number of hydrogen-bond donors (Lipinski definition) is 0. The van der Waals surface area contributed by atoms with Crippen molar-refractivity contribution < 1.29 is 0 Å². The molecule has 1 heterocycles. The zero-order chi connectivity index (χ0) is 27.3. The first-order valence-corrected chi connectivity index (χ1v) is 14.3. The molecule has 0 aliphatic carbocycles. The zero-order valence-electron chi connectivity index (χ0n) is 22.9. The Morgan fingerprint density at radius 2 is 1.05 bits per heavy atom. The highest BCUT2D eigenvalue weighted by Gasteiger charge is 2.18. The van der Waals surface area contributed by atoms with E-state index in [2.05, 4.69) is 151 Å². The average molecular weight is 525 g/mol. The number of aromatic nitrogens is 2. The Morgan fingerprint density at radius 3 is 1.68 bits per heavy atom. The van der Waals surface area contributed by atoms with Gasteiger partial charge in [0.25, 0.3) is 0 Å². The summed E-state index contributed by atoms with van der Waals surface area (Å²) in [5.41, 5.74) is 8.29. The minimum absolute atomic E-state index is 0.866. The van der Waals surface area contributed by atoms with E-state index in [0.29, 0.717) is 0 Å². The van der Waals surface area contributed by atoms with Gasteiger partial charge in [-0.15, -0.1) is 0 Å². The third kappa shape index (κ3) is 3.76. The molecular formula is C39H28N2. The Bertz CT molecular complexity index is 2180. The maximum atomic E-state index is 5.11. The summed E-state index contributed by atoms with van der Waals surface area (Å²) >= 11 is 0. The number of aryl methyl sites for hydroxylation is 1. The Hall–Kier alpha value is -5.21. The highest BCUT2D eigenvalue weighted by atomic mass is 15.1. The van der Waals surface area contributed by atoms with Crippen LogP contribution in [0.15, 0.2) is 140 Å². The second kappa shape index (κ2) is 9.46. The summed E-state index contributed by atoms with van der Waals surface area (Å²) in [6, 6.07) is 50.5. The van der Waals surface area contributed by atoms with Crippen LogP contribution in [0, 0.1) is 0 Å². The third-order valence-corrected chi connectivity index (χ3v) is 8.31. The largest absolute Gasteiger partial charge is 0.296 e. The van der Waals surface area contributed by atoms with E-state index in [4.69, 9.17) is 4.98 Å². The predicted molar refractivity (Wildman–Crippen MR) is 174 cm³/mol. The van der Waals surface area contributed by atoms with Gasteiger partial charge < -0.3 is 0 Å². The molecule has 0 saturated heterocycles. The predicted octanol–water partition coefficient (Wildman–Crippen LogP) is 10.4. The molecule has 0 aliphatic heterocycles. The Balaban J connectivity index is 1.41. The van der Waals surface area contributed by atoms with Crippen LogP contribution in [0.4, 0.5) is 0 Å². The summed E-state index contributed by atoms with van der Waals surface area (Å²) < 4.78 is 2.29. The summed E-state index contributed by atoms with van der Waals surface area (Å²) in [7, 11) is 0. The van der Waals surface area contributed by atoms with Crippen molar-refractivity contribution in [2.24, 2.45) is 0 Å². The summed E-state index contributed by atoms with van der Waals surface area (Å²) in [6.07, 6.45) is 0.866. The molecule has 1 aromatic heterocycles. The van der Waals surface area contributed by atoms with Gasteiger partial charge >= 0.3 is 0 Å². The Labute approximate surface area is 239 Å². The summed E-state index contributed by atoms with van der Waals surface area (Å²) in [4.78, 5) is 5.11. The number of benzene rings is 7. The monoisotopic (exact) mass is 524 g/mol. The van der Waals surface area contributed by atoms with E-state index in [0.717, 1.165) is 29.0 Å². The minimum atomic E-state index is 0.866. The van der Waals surface area contributed by atoms with Crippen LogP contribution in [0.3, 0.4) is 0 Å². The molecule has 0 radical (unpaired) electrons. The molecule has 194 valence electrons. The smallest absolute Gasteiger partial charge is 0.114 e. The van der Waals surface area contributed by atoms with Crippen LogP contribution in [0.2, 0.25) is 0 Å². The molecule has 0 bridgehead atoms. The highest BCUT2D eigenvalue weighted by Crippen LogP contribution is 2.44. The van der Waals surface area contributed by atoms with E-state index in [-0.39, 0.29) is 0 Å². The Morgan fingerprint density at radius 1 is 0.512 bits per heavy atom. The van der Waals surface area contributed by atoms with Gasteiger partial charge in [-0.2, -0.15) is 0 Å². The zero-order valence-corrected chi connectivity index (χ0v) is 22.9. The number of rotatable bonds is 4. The maximum Gasteiger partial charge on any atom is 0.114 e. The van der Waals surface area contributed by atoms with Crippen molar-refractivity contribution in [3.05, 3.63) is 145 Å². The van der Waals surface area contributed by atoms with Gasteiger partial charge in [-0.05, 0) is 84.9 Å². The summed E-state index contributed by atoms with van der Waals surface area (Å²) in [5, 5.41) is 7.56. The second-order valence-electron chi connectivity index (χ2n) is 10.7. The van der Waals surface area contributed by atoms with Crippen molar-refractivity contribution in [2.75, 3.05) is 0 Å². The van der Waals surface area contributed by atoms with E-state index >= 15 is 0 Å². The lowest BCUT2D eigenvalue weighted by Gasteiger charge is -2.18. The molecule has 7 aromatic carbocycles. The van der Waals surface area contributed by atoms with Crippen LogP contribution < -0.4 is 0 Å². The molecule has 8 aromatic rings. The van der Waals surface area contributed by atoms with Gasteiger partial charge in [-0.1, -0.05) is 116 Å². The van der Waals surface area contributed by atoms with E-state index in [1.165, 1.54) is 54.6 Å². The first-order chi connectivity index (χ1) is 20.3. The Kier molecular flexibility index (Phi) is 5.46. The fraction of sp³-hybridized carbons (Fsp3) is 0.0513. The van der Waals surface area contributed by atoms with Crippen molar-refractivity contribution in [1.82, 2.24) is 9.55 Å². The van der Waals surface area contributed by atoms with E-state index in [1.807, 2.05) is 0 Å². The molecule has 0 aliphatic rings. The standard InChI is InChI=1S/C39H28N2/c1-2-37-40-35-25-29(22-23-36(35)41(37)30-14-4-3-5-15-30)39-33-18-10-8-16-31(33)38(32-17-9-11-19-34(32)39)28-21-20-26-12-6-7-13-27(26)24-28/h3-25H,2H2,1H3. The van der Waals surface area contributed by atoms with Crippen molar-refractivity contribution in [3.63, 3.8) is 0 Å². The number of imidazole rings is 1. The maximum absolute atomic E-state index is 5.11. The SMILES string of the molecule is CCc1nc2cc(-c3c4ccccc4c(-c4ccc5ccccc5c4)c4ccccc34)ccc2n1-c1ccccc1. The lowest BCUT2D eigenvalue weighted by Crippen LogP contribution is -1.99. The van der Waals surface area contributed by atoms with Crippen LogP contribution in [-0.4, -0.2) is 9.55 Å². The lowest BCUT2D eigenvalue weighted by molar-refractivity contribution is 0.908. The van der Waals surface area contributed by atoms with Crippen LogP contribution in [-0.2, 0) is 6.42 Å². The van der Waals surface area contributed by atoms with Gasteiger partial charge in [0.05, 0.1) is 11.0 Å². The molecule has 0 amide bonds. The molecule has 0 N–H and O–H groups in total. The van der Waals surface area contributed by atoms with E-state index in [1.54, 1.807) is 0 Å². The highest BCUT2D eigenvalue weighted by molar-refractivity contribution is 6.22. The van der Waals surface area contributed by atoms with Crippen molar-refractivity contribution in [3.8, 4) is 27.9 Å². The average Bonchev–Trinajstić information content (AvgIpc) is 3.41. The molecule has 2 heteroatoms. The molecule has 0 saturated carbocycles. The molecule has 41 heavy (non-hydrogen) atoms. The van der Waals surface area contributed by atoms with Crippen molar-refractivity contribution in [1.29, 1.82) is 0 Å². The van der Waals surface area contributed by atoms with E-state index < -0.39 is 0 Å². The third-order valence-electron chi connectivity index (χ3n) is 8.31. The number of fused-ring (bicyclic) bond motifs is 4. The molecule has 0 fully saturated rings. The molecule has 0 spiro atoms. The first-order valence-electron chi connectivity index (χ1n) is 14.3. The second-order valence-corrected chi connectivity index (χ2v) is 10.7. The topological polar surface area (TPSA) is 17.8 Å². The molecular weight excluding hydrogens is 496 g/mol. The normalized spacial score (nSPS) is 11.6. The van der Waals surface area contributed by atoms with Crippen molar-refractivity contribution in [2.45, 2.75) is 13.3 Å². The van der Waals surface area contributed by atoms with Gasteiger partial charge in [-0.3, -0.25) is 4.57 Å². The summed E-state index contributed by atoms with van der Waals surface area (Å²) in [5.74, 6) is 1.07. The number of hydrogen-bond acceptors (Lipinski definition) is 1. The van der Waals surface area contributed by atoms with E-state index in [9.17, 15) is 0 Å². The molecule has 8 rings (SSSR count). The first kappa shape index (κ1) is 23.7. The molecule has 0 atom stereocenters. The minimum Gasteiger partial charge on any atom is -0.296 e. The van der Waals surface area contributed by atoms with Crippen LogP contribution in [0.5, 0.6) is 0 Å². The molecule has 2 nitrogen and oxygen atoms in total. The fourth-order valence-electron chi connectivity index (χ4n) is 6.48. The quantitative estimate of drug-likeness (QED) is 0.209.